The number of carbonyl (C=O) groups is 2. The molecule has 2 heterocycles. The number of carbonyl (C=O) groups excluding carboxylic acids is 2. The number of benzene rings is 1. The minimum absolute atomic E-state index is 0.0117. The molecule has 0 aliphatic carbocycles. The number of aryl methyl sites for hydroxylation is 1. The number of nitrogens with one attached hydrogen (secondary N) is 1. The highest BCUT2D eigenvalue weighted by Crippen LogP contribution is 2.24. The second-order valence-corrected chi connectivity index (χ2v) is 6.76. The van der Waals surface area contributed by atoms with E-state index in [1.807, 2.05) is 4.90 Å². The molecule has 3 rings (SSSR count). The van der Waals surface area contributed by atoms with E-state index in [4.69, 9.17) is 0 Å². The van der Waals surface area contributed by atoms with Crippen LogP contribution in [0.2, 0.25) is 0 Å². The van der Waals surface area contributed by atoms with Gasteiger partial charge in [-0.2, -0.15) is 0 Å². The molecule has 22 heavy (non-hydrogen) atoms. The summed E-state index contributed by atoms with van der Waals surface area (Å²) in [6.07, 6.45) is 1.10. The van der Waals surface area contributed by atoms with Crippen LogP contribution in [-0.4, -0.2) is 48.9 Å². The number of anilines is 1. The second-order valence-electron chi connectivity index (χ2n) is 5.90. The van der Waals surface area contributed by atoms with Gasteiger partial charge in [-0.1, -0.05) is 15.9 Å². The van der Waals surface area contributed by atoms with Gasteiger partial charge in [0.25, 0.3) is 0 Å². The van der Waals surface area contributed by atoms with E-state index in [2.05, 4.69) is 51.3 Å². The summed E-state index contributed by atoms with van der Waals surface area (Å²) in [4.78, 5) is 27.8. The summed E-state index contributed by atoms with van der Waals surface area (Å²) in [5, 5.41) is 2.76. The molecule has 1 atom stereocenters. The monoisotopic (exact) mass is 365 g/mol. The number of rotatable bonds is 2. The first kappa shape index (κ1) is 15.3. The summed E-state index contributed by atoms with van der Waals surface area (Å²) in [5.74, 6) is 0.0554. The number of halogens is 1. The lowest BCUT2D eigenvalue weighted by Crippen LogP contribution is -2.53. The predicted molar refractivity (Wildman–Crippen MR) is 88.8 cm³/mol. The Kier molecular flexibility index (Phi) is 4.38. The van der Waals surface area contributed by atoms with Gasteiger partial charge in [0.2, 0.25) is 11.8 Å². The van der Waals surface area contributed by atoms with Crippen LogP contribution >= 0.6 is 15.9 Å². The Labute approximate surface area is 138 Å². The molecule has 0 radical (unpaired) electrons. The van der Waals surface area contributed by atoms with Crippen molar-refractivity contribution in [3.8, 4) is 0 Å². The third-order valence-electron chi connectivity index (χ3n) is 4.39. The van der Waals surface area contributed by atoms with Crippen LogP contribution in [0, 0.1) is 6.92 Å². The molecule has 1 aromatic carbocycles. The Morgan fingerprint density at radius 1 is 1.27 bits per heavy atom. The van der Waals surface area contributed by atoms with Crippen LogP contribution < -0.4 is 10.2 Å². The van der Waals surface area contributed by atoms with Crippen molar-refractivity contribution < 1.29 is 9.59 Å². The van der Waals surface area contributed by atoms with Crippen molar-refractivity contribution in [3.05, 3.63) is 28.2 Å². The number of hydrogen-bond acceptors (Lipinski definition) is 3. The van der Waals surface area contributed by atoms with Gasteiger partial charge in [-0.15, -0.1) is 0 Å². The maximum absolute atomic E-state index is 12.4. The maximum Gasteiger partial charge on any atom is 0.245 e. The van der Waals surface area contributed by atoms with Crippen LogP contribution in [0.1, 0.15) is 18.4 Å². The molecular weight excluding hydrogens is 346 g/mol. The molecule has 0 saturated carbocycles. The minimum Gasteiger partial charge on any atom is -0.368 e. The highest BCUT2D eigenvalue weighted by Gasteiger charge is 2.32. The molecule has 2 aliphatic heterocycles. The van der Waals surface area contributed by atoms with Crippen molar-refractivity contribution in [1.82, 2.24) is 10.2 Å². The molecule has 2 aliphatic rings. The van der Waals surface area contributed by atoms with Crippen LogP contribution in [0.5, 0.6) is 0 Å². The number of nitrogens with zero attached hydrogens (tertiary/aromatic N) is 2. The molecule has 0 aromatic heterocycles. The Morgan fingerprint density at radius 2 is 2.00 bits per heavy atom. The maximum atomic E-state index is 12.4. The smallest absolute Gasteiger partial charge is 0.245 e. The van der Waals surface area contributed by atoms with Gasteiger partial charge in [0, 0.05) is 42.8 Å². The number of amides is 2. The quantitative estimate of drug-likeness (QED) is 0.867. The zero-order chi connectivity index (χ0) is 15.7. The van der Waals surface area contributed by atoms with Crippen LogP contribution in [-0.2, 0) is 9.59 Å². The third-order valence-corrected chi connectivity index (χ3v) is 5.28. The summed E-state index contributed by atoms with van der Waals surface area (Å²) in [7, 11) is 0. The van der Waals surface area contributed by atoms with Crippen LogP contribution in [0.25, 0.3) is 0 Å². The van der Waals surface area contributed by atoms with Crippen molar-refractivity contribution in [2.24, 2.45) is 0 Å². The van der Waals surface area contributed by atoms with E-state index < -0.39 is 0 Å². The van der Waals surface area contributed by atoms with Crippen LogP contribution in [0.15, 0.2) is 22.7 Å². The van der Waals surface area contributed by atoms with Gasteiger partial charge in [-0.3, -0.25) is 9.59 Å². The average molecular weight is 366 g/mol. The molecule has 0 spiro atoms. The molecule has 2 fully saturated rings. The molecule has 2 amide bonds. The van der Waals surface area contributed by atoms with Gasteiger partial charge in [0.1, 0.15) is 6.04 Å². The zero-order valence-electron chi connectivity index (χ0n) is 12.6. The normalized spacial score (nSPS) is 21.9. The van der Waals surface area contributed by atoms with Gasteiger partial charge < -0.3 is 15.1 Å². The minimum atomic E-state index is -0.311. The van der Waals surface area contributed by atoms with E-state index in [9.17, 15) is 9.59 Å². The molecular formula is C16H20BrN3O2. The summed E-state index contributed by atoms with van der Waals surface area (Å²) >= 11 is 3.52. The van der Waals surface area contributed by atoms with E-state index in [1.165, 1.54) is 11.3 Å². The second kappa shape index (κ2) is 6.28. The lowest BCUT2D eigenvalue weighted by molar-refractivity contribution is -0.134. The van der Waals surface area contributed by atoms with Gasteiger partial charge in [-0.05, 0) is 37.1 Å². The highest BCUT2D eigenvalue weighted by molar-refractivity contribution is 9.10. The van der Waals surface area contributed by atoms with E-state index in [1.54, 1.807) is 0 Å². The Morgan fingerprint density at radius 3 is 2.59 bits per heavy atom. The molecule has 1 N–H and O–H groups in total. The third kappa shape index (κ3) is 3.11. The topological polar surface area (TPSA) is 52.7 Å². The molecule has 1 unspecified atom stereocenters. The lowest BCUT2D eigenvalue weighted by atomic mass is 10.1. The molecule has 0 bridgehead atoms. The standard InChI is InChI=1S/C16H20BrN3O2/c1-11-10-12(2-3-13(11)17)19-6-8-20(9-7-19)16(22)14-4-5-15(21)18-14/h2-3,10,14H,4-9H2,1H3,(H,18,21). The molecule has 2 saturated heterocycles. The van der Waals surface area contributed by atoms with Crippen molar-refractivity contribution in [2.45, 2.75) is 25.8 Å². The lowest BCUT2D eigenvalue weighted by Gasteiger charge is -2.37. The molecule has 6 heteroatoms. The van der Waals surface area contributed by atoms with Crippen molar-refractivity contribution in [3.63, 3.8) is 0 Å². The van der Waals surface area contributed by atoms with Crippen molar-refractivity contribution in [2.75, 3.05) is 31.1 Å². The Bertz CT molecular complexity index is 597. The summed E-state index contributed by atoms with van der Waals surface area (Å²) < 4.78 is 1.11. The van der Waals surface area contributed by atoms with Gasteiger partial charge in [0.05, 0.1) is 0 Å². The number of hydrogen-bond donors (Lipinski definition) is 1. The first-order valence-electron chi connectivity index (χ1n) is 7.64. The molecule has 118 valence electrons. The van der Waals surface area contributed by atoms with Crippen molar-refractivity contribution >= 4 is 33.4 Å². The fourth-order valence-corrected chi connectivity index (χ4v) is 3.28. The van der Waals surface area contributed by atoms with E-state index in [0.29, 0.717) is 25.9 Å². The van der Waals surface area contributed by atoms with E-state index in [-0.39, 0.29) is 17.9 Å². The van der Waals surface area contributed by atoms with Gasteiger partial charge in [-0.25, -0.2) is 0 Å². The summed E-state index contributed by atoms with van der Waals surface area (Å²) in [6.45, 7) is 5.15. The SMILES string of the molecule is Cc1cc(N2CCN(C(=O)C3CCC(=O)N3)CC2)ccc1Br. The first-order valence-corrected chi connectivity index (χ1v) is 8.43. The largest absolute Gasteiger partial charge is 0.368 e. The molecule has 5 nitrogen and oxygen atoms in total. The average Bonchev–Trinajstić information content (AvgIpc) is 2.96. The van der Waals surface area contributed by atoms with E-state index in [0.717, 1.165) is 17.6 Å². The Balaban J connectivity index is 1.59. The van der Waals surface area contributed by atoms with E-state index >= 15 is 0 Å². The fourth-order valence-electron chi connectivity index (χ4n) is 3.03. The summed E-state index contributed by atoms with van der Waals surface area (Å²) in [6, 6.07) is 6.02. The van der Waals surface area contributed by atoms with Gasteiger partial charge in [0.15, 0.2) is 0 Å². The van der Waals surface area contributed by atoms with Gasteiger partial charge >= 0.3 is 0 Å². The van der Waals surface area contributed by atoms with Crippen LogP contribution in [0.4, 0.5) is 5.69 Å². The van der Waals surface area contributed by atoms with Crippen LogP contribution in [0.3, 0.4) is 0 Å². The predicted octanol–water partition coefficient (Wildman–Crippen LogP) is 1.68. The fraction of sp³-hybridized carbons (Fsp3) is 0.500. The molecule has 1 aromatic rings. The first-order chi connectivity index (χ1) is 10.5. The Hall–Kier alpha value is -1.56. The highest BCUT2D eigenvalue weighted by atomic mass is 79.9. The zero-order valence-corrected chi connectivity index (χ0v) is 14.2. The van der Waals surface area contributed by atoms with Crippen molar-refractivity contribution in [1.29, 1.82) is 0 Å². The summed E-state index contributed by atoms with van der Waals surface area (Å²) in [5.41, 5.74) is 2.41. The number of piperazine rings is 1.